The van der Waals surface area contributed by atoms with Crippen LogP contribution in [0.15, 0.2) is 162 Å². The van der Waals surface area contributed by atoms with Gasteiger partial charge in [-0.2, -0.15) is 36.4 Å². The van der Waals surface area contributed by atoms with Crippen molar-refractivity contribution in [2.24, 2.45) is 0 Å². The minimum absolute atomic E-state index is 0. The normalized spacial score (nSPS) is 9.99. The third kappa shape index (κ3) is 25.8. The number of unbranched alkanes of at least 4 members (excludes halogenated alkanes) is 4. The minimum atomic E-state index is 0. The van der Waals surface area contributed by atoms with Crippen LogP contribution in [0.5, 0.6) is 11.5 Å². The number of benzene rings is 5. The summed E-state index contributed by atoms with van der Waals surface area (Å²) in [6.45, 7) is 16.4. The summed E-state index contributed by atoms with van der Waals surface area (Å²) in [6, 6.07) is 54.0. The summed E-state index contributed by atoms with van der Waals surface area (Å²) >= 11 is 3.57. The van der Waals surface area contributed by atoms with Crippen LogP contribution in [-0.2, 0) is 19.6 Å². The summed E-state index contributed by atoms with van der Waals surface area (Å²) in [5, 5.41) is 4.22. The van der Waals surface area contributed by atoms with Gasteiger partial charge in [0.1, 0.15) is 24.7 Å². The molecule has 0 bridgehead atoms. The second-order valence-electron chi connectivity index (χ2n) is 16.4. The van der Waals surface area contributed by atoms with E-state index in [1.165, 1.54) is 78.8 Å². The summed E-state index contributed by atoms with van der Waals surface area (Å²) < 4.78 is 12.3. The number of hydrogen-bond donors (Lipinski definition) is 0. The van der Waals surface area contributed by atoms with Crippen molar-refractivity contribution in [1.29, 1.82) is 0 Å². The predicted molar refractivity (Wildman–Crippen MR) is 303 cm³/mol. The first-order valence-corrected chi connectivity index (χ1v) is 26.5. The molecule has 9 heteroatoms. The number of anilines is 2. The SMILES string of the molecule is C.CCCCN(CCCC)c1ccc(C=Cc2cccs2)c(OCc2ccccc2)c1.CCCCN(CCCC)c1ccc(C=O)c(OCc2ccccc2)c1.CCc1cccs1.[Cl-].[Li+].[c-]1ccccc1. The average Bonchev–Trinajstić information content (AvgIpc) is 4.15. The van der Waals surface area contributed by atoms with E-state index in [1.54, 1.807) is 11.3 Å². The number of nitrogens with zero attached hydrogens (tertiary/aromatic N) is 2. The monoisotopic (exact) mass is 1010 g/mol. The number of halogens is 1. The number of carbonyl (C=O) groups is 1. The number of hydrogen-bond acceptors (Lipinski definition) is 7. The molecule has 71 heavy (non-hydrogen) atoms. The van der Waals surface area contributed by atoms with E-state index in [0.29, 0.717) is 24.5 Å². The molecule has 0 radical (unpaired) electrons. The second-order valence-corrected chi connectivity index (χ2v) is 18.4. The first-order valence-electron chi connectivity index (χ1n) is 24.7. The maximum Gasteiger partial charge on any atom is 1.00 e. The van der Waals surface area contributed by atoms with E-state index >= 15 is 0 Å². The Balaban J connectivity index is 0.000000549. The molecule has 7 aromatic rings. The Morgan fingerprint density at radius 2 is 0.972 bits per heavy atom. The third-order valence-electron chi connectivity index (χ3n) is 11.0. The molecule has 0 aliphatic carbocycles. The van der Waals surface area contributed by atoms with Gasteiger partial charge in [-0.05, 0) is 103 Å². The maximum atomic E-state index is 11.4. The average molecular weight is 1010 g/mol. The molecular weight excluding hydrogens is 927 g/mol. The zero-order valence-electron chi connectivity index (χ0n) is 42.7. The minimum Gasteiger partial charge on any atom is -1.00 e. The molecule has 0 fully saturated rings. The van der Waals surface area contributed by atoms with E-state index in [1.807, 2.05) is 96.3 Å². The topological polar surface area (TPSA) is 42.0 Å². The van der Waals surface area contributed by atoms with E-state index < -0.39 is 0 Å². The van der Waals surface area contributed by atoms with Crippen LogP contribution in [0.25, 0.3) is 12.2 Å². The van der Waals surface area contributed by atoms with Crippen LogP contribution in [0.1, 0.15) is 130 Å². The van der Waals surface area contributed by atoms with Gasteiger partial charge in [-0.1, -0.05) is 141 Å². The van der Waals surface area contributed by atoms with Crippen molar-refractivity contribution in [1.82, 2.24) is 0 Å². The molecule has 0 saturated carbocycles. The van der Waals surface area contributed by atoms with Crippen molar-refractivity contribution >= 4 is 52.5 Å². The van der Waals surface area contributed by atoms with E-state index in [2.05, 4.69) is 140 Å². The Kier molecular flexibility index (Phi) is 36.6. The smallest absolute Gasteiger partial charge is 1.00 e. The number of aldehydes is 1. The van der Waals surface area contributed by atoms with Crippen molar-refractivity contribution in [3.05, 3.63) is 200 Å². The van der Waals surface area contributed by atoms with Crippen molar-refractivity contribution < 1.29 is 45.5 Å². The number of thiophene rings is 2. The van der Waals surface area contributed by atoms with Crippen LogP contribution in [0.4, 0.5) is 11.4 Å². The molecule has 5 aromatic carbocycles. The van der Waals surface area contributed by atoms with E-state index in [4.69, 9.17) is 9.47 Å². The standard InChI is InChI=1S/C27H33NOS.C22H29NO2.C6H8S.C6H5.CH4.ClH.Li/c1-3-5-18-28(19-6-4-2)25-16-14-24(15-17-26-13-10-20-30-26)27(21-25)29-22-23-11-8-7-9-12-23;1-3-5-14-23(15-6-4-2)21-13-12-20(17-24)22(16-21)25-18-19-10-8-7-9-11-19;1-2-6-4-3-5-7-6;1-2-4-6-5-3-1;;;/h7-17,20-21H,3-6,18-19,22H2,1-2H3;7-13,16-17H,3-6,14-15,18H2,1-2H3;3-5H,2H2,1H3;1-5H;1H4;1H;/q;;;-1;;;+1/p-1. The number of rotatable bonds is 24. The molecular formula is C62H79ClLiN2O3S2-. The molecule has 0 atom stereocenters. The van der Waals surface area contributed by atoms with Gasteiger partial charge in [-0.15, -0.1) is 22.7 Å². The molecule has 7 rings (SSSR count). The van der Waals surface area contributed by atoms with Gasteiger partial charge in [0, 0.05) is 65.0 Å². The van der Waals surface area contributed by atoms with Crippen LogP contribution < -0.4 is 50.5 Å². The Morgan fingerprint density at radius 1 is 0.521 bits per heavy atom. The van der Waals surface area contributed by atoms with Crippen molar-refractivity contribution in [2.75, 3.05) is 36.0 Å². The summed E-state index contributed by atoms with van der Waals surface area (Å²) in [5.41, 5.74) is 6.40. The Morgan fingerprint density at radius 3 is 1.34 bits per heavy atom. The molecule has 0 saturated heterocycles. The summed E-state index contributed by atoms with van der Waals surface area (Å²) in [6.07, 6.45) is 15.9. The van der Waals surface area contributed by atoms with Gasteiger partial charge in [0.2, 0.25) is 0 Å². The Labute approximate surface area is 456 Å². The third-order valence-corrected chi connectivity index (χ3v) is 12.8. The van der Waals surface area contributed by atoms with Crippen molar-refractivity contribution in [3.63, 3.8) is 0 Å². The molecule has 5 nitrogen and oxygen atoms in total. The molecule has 2 aromatic heterocycles. The van der Waals surface area contributed by atoms with E-state index in [0.717, 1.165) is 55.0 Å². The molecule has 0 spiro atoms. The van der Waals surface area contributed by atoms with Gasteiger partial charge in [0.15, 0.2) is 6.29 Å². The van der Waals surface area contributed by atoms with Crippen LogP contribution in [-0.4, -0.2) is 32.5 Å². The van der Waals surface area contributed by atoms with E-state index in [-0.39, 0.29) is 38.7 Å². The molecule has 0 N–H and O–H groups in total. The van der Waals surface area contributed by atoms with Crippen LogP contribution in [0.2, 0.25) is 0 Å². The fourth-order valence-electron chi connectivity index (χ4n) is 6.94. The zero-order valence-corrected chi connectivity index (χ0v) is 45.1. The largest absolute Gasteiger partial charge is 1.00 e. The van der Waals surface area contributed by atoms with E-state index in [9.17, 15) is 4.79 Å². The number of carbonyl (C=O) groups excluding carboxylic acids is 1. The van der Waals surface area contributed by atoms with Crippen LogP contribution in [0, 0.1) is 6.07 Å². The zero-order chi connectivity index (χ0) is 48.3. The molecule has 0 aliphatic rings. The summed E-state index contributed by atoms with van der Waals surface area (Å²) in [7, 11) is 0. The van der Waals surface area contributed by atoms with Gasteiger partial charge in [-0.3, -0.25) is 4.79 Å². The van der Waals surface area contributed by atoms with Crippen molar-refractivity contribution in [2.45, 2.75) is 113 Å². The van der Waals surface area contributed by atoms with Gasteiger partial charge in [-0.25, -0.2) is 0 Å². The fraction of sp³-hybridized carbons (Fsp3) is 0.339. The second kappa shape index (κ2) is 40.6. The van der Waals surface area contributed by atoms with Gasteiger partial charge in [0.25, 0.3) is 0 Å². The van der Waals surface area contributed by atoms with Crippen molar-refractivity contribution in [3.8, 4) is 11.5 Å². The number of aryl methyl sites for hydroxylation is 1. The number of ether oxygens (including phenoxy) is 2. The molecule has 0 aliphatic heterocycles. The summed E-state index contributed by atoms with van der Waals surface area (Å²) in [4.78, 5) is 19.0. The van der Waals surface area contributed by atoms with Crippen LogP contribution in [0.3, 0.4) is 0 Å². The Hall–Kier alpha value is -5.00. The molecule has 376 valence electrons. The maximum absolute atomic E-state index is 11.4. The van der Waals surface area contributed by atoms with Gasteiger partial charge in [0.05, 0.1) is 5.56 Å². The quantitative estimate of drug-likeness (QED) is 0.0343. The molecule has 0 amide bonds. The predicted octanol–water partition coefficient (Wildman–Crippen LogP) is 11.8. The van der Waals surface area contributed by atoms with Gasteiger partial charge >= 0.3 is 18.9 Å². The van der Waals surface area contributed by atoms with Gasteiger partial charge < -0.3 is 31.7 Å². The molecule has 2 heterocycles. The van der Waals surface area contributed by atoms with Crippen LogP contribution >= 0.6 is 22.7 Å². The Bertz CT molecular complexity index is 2290. The molecule has 0 unspecified atom stereocenters. The first-order chi connectivity index (χ1) is 33.5. The summed E-state index contributed by atoms with van der Waals surface area (Å²) in [5.74, 6) is 1.61. The fourth-order valence-corrected chi connectivity index (χ4v) is 8.22. The first kappa shape index (κ1) is 64.0.